The molecule has 1 atom stereocenters. The molecule has 0 saturated heterocycles. The Morgan fingerprint density at radius 2 is 1.67 bits per heavy atom. The lowest BCUT2D eigenvalue weighted by atomic mass is 9.99. The molecule has 152 valence electrons. The Hall–Kier alpha value is -3.11. The second kappa shape index (κ2) is 9.14. The van der Waals surface area contributed by atoms with Crippen LogP contribution in [0.2, 0.25) is 5.02 Å². The number of carbonyl (C=O) groups excluding carboxylic acids is 1. The molecule has 3 aromatic rings. The van der Waals surface area contributed by atoms with Crippen LogP contribution < -0.4 is 4.74 Å². The van der Waals surface area contributed by atoms with Crippen LogP contribution in [0.15, 0.2) is 77.8 Å². The highest BCUT2D eigenvalue weighted by Gasteiger charge is 2.21. The third-order valence-electron chi connectivity index (χ3n) is 5.10. The topological polar surface area (TPSA) is 47.9 Å². The van der Waals surface area contributed by atoms with E-state index in [1.54, 1.807) is 19.1 Å². The standard InChI is InChI=1S/C25H22ClNO3/c1-2-29-25(28)30-20-13-11-18(12-14-20)17-7-9-19(10-8-17)23-15-16-24(27-23)21-5-3-4-6-22(21)26/h3-14,23H,2,15-16H2,1H3. The zero-order chi connectivity index (χ0) is 20.9. The molecule has 4 rings (SSSR count). The van der Waals surface area contributed by atoms with Crippen molar-refractivity contribution in [2.75, 3.05) is 6.61 Å². The minimum absolute atomic E-state index is 0.158. The molecule has 5 heteroatoms. The second-order valence-corrected chi connectivity index (χ2v) is 7.45. The zero-order valence-corrected chi connectivity index (χ0v) is 17.4. The molecule has 1 heterocycles. The van der Waals surface area contributed by atoms with E-state index < -0.39 is 6.16 Å². The van der Waals surface area contributed by atoms with Crippen LogP contribution in [0.4, 0.5) is 4.79 Å². The molecule has 0 N–H and O–H groups in total. The fourth-order valence-corrected chi connectivity index (χ4v) is 3.83. The Bertz CT molecular complexity index is 1060. The van der Waals surface area contributed by atoms with Crippen LogP contribution in [-0.2, 0) is 4.74 Å². The van der Waals surface area contributed by atoms with E-state index in [4.69, 9.17) is 26.1 Å². The van der Waals surface area contributed by atoms with Crippen molar-refractivity contribution in [3.63, 3.8) is 0 Å². The first kappa shape index (κ1) is 20.2. The second-order valence-electron chi connectivity index (χ2n) is 7.04. The highest BCUT2D eigenvalue weighted by Crippen LogP contribution is 2.34. The van der Waals surface area contributed by atoms with Gasteiger partial charge in [0.1, 0.15) is 5.75 Å². The number of ether oxygens (including phenoxy) is 2. The van der Waals surface area contributed by atoms with Crippen molar-refractivity contribution >= 4 is 23.5 Å². The molecule has 1 aliphatic heterocycles. The van der Waals surface area contributed by atoms with Crippen molar-refractivity contribution in [2.45, 2.75) is 25.8 Å². The van der Waals surface area contributed by atoms with Crippen LogP contribution in [-0.4, -0.2) is 18.5 Å². The molecule has 1 aliphatic rings. The van der Waals surface area contributed by atoms with E-state index >= 15 is 0 Å². The predicted octanol–water partition coefficient (Wildman–Crippen LogP) is 6.87. The fraction of sp³-hybridized carbons (Fsp3) is 0.200. The zero-order valence-electron chi connectivity index (χ0n) is 16.7. The molecule has 0 fully saturated rings. The molecule has 0 aliphatic carbocycles. The van der Waals surface area contributed by atoms with Gasteiger partial charge in [-0.25, -0.2) is 4.79 Å². The maximum Gasteiger partial charge on any atom is 0.513 e. The number of carbonyl (C=O) groups is 1. The summed E-state index contributed by atoms with van der Waals surface area (Å²) >= 11 is 6.33. The molecule has 0 saturated carbocycles. The van der Waals surface area contributed by atoms with Gasteiger partial charge in [-0.05, 0) is 54.7 Å². The minimum atomic E-state index is -0.692. The van der Waals surface area contributed by atoms with E-state index in [2.05, 4.69) is 24.3 Å². The first-order valence-electron chi connectivity index (χ1n) is 10.0. The molecule has 0 amide bonds. The summed E-state index contributed by atoms with van der Waals surface area (Å²) in [6, 6.07) is 23.8. The van der Waals surface area contributed by atoms with Gasteiger partial charge in [-0.15, -0.1) is 0 Å². The van der Waals surface area contributed by atoms with Crippen molar-refractivity contribution in [1.82, 2.24) is 0 Å². The summed E-state index contributed by atoms with van der Waals surface area (Å²) in [5.74, 6) is 0.459. The number of benzene rings is 3. The number of rotatable bonds is 5. The van der Waals surface area contributed by atoms with Crippen LogP contribution in [0.5, 0.6) is 5.75 Å². The van der Waals surface area contributed by atoms with E-state index in [9.17, 15) is 4.79 Å². The Morgan fingerprint density at radius 3 is 2.33 bits per heavy atom. The third-order valence-corrected chi connectivity index (χ3v) is 5.43. The predicted molar refractivity (Wildman–Crippen MR) is 119 cm³/mol. The van der Waals surface area contributed by atoms with Crippen molar-refractivity contribution in [3.05, 3.63) is 88.9 Å². The maximum atomic E-state index is 11.4. The first-order valence-corrected chi connectivity index (χ1v) is 10.4. The smallest absolute Gasteiger partial charge is 0.434 e. The van der Waals surface area contributed by atoms with Crippen molar-refractivity contribution in [2.24, 2.45) is 4.99 Å². The van der Waals surface area contributed by atoms with Gasteiger partial charge in [0.25, 0.3) is 0 Å². The SMILES string of the molecule is CCOC(=O)Oc1ccc(-c2ccc(C3CCC(c4ccccc4Cl)=N3)cc2)cc1. The number of nitrogens with zero attached hydrogens (tertiary/aromatic N) is 1. The Balaban J connectivity index is 1.46. The lowest BCUT2D eigenvalue weighted by Crippen LogP contribution is -2.09. The molecule has 0 bridgehead atoms. The monoisotopic (exact) mass is 419 g/mol. The van der Waals surface area contributed by atoms with Crippen LogP contribution in [0, 0.1) is 0 Å². The van der Waals surface area contributed by atoms with Crippen LogP contribution in [0.1, 0.15) is 36.9 Å². The highest BCUT2D eigenvalue weighted by molar-refractivity contribution is 6.34. The summed E-state index contributed by atoms with van der Waals surface area (Å²) in [5, 5.41) is 0.752. The summed E-state index contributed by atoms with van der Waals surface area (Å²) in [6.07, 6.45) is 1.22. The van der Waals surface area contributed by atoms with Crippen LogP contribution in [0.3, 0.4) is 0 Å². The molecule has 3 aromatic carbocycles. The average Bonchev–Trinajstić information content (AvgIpc) is 3.25. The molecule has 0 spiro atoms. The molecule has 1 unspecified atom stereocenters. The number of aliphatic imine (C=N–C) groups is 1. The Kier molecular flexibility index (Phi) is 6.15. The Labute approximate surface area is 181 Å². The van der Waals surface area contributed by atoms with Crippen molar-refractivity contribution in [3.8, 4) is 16.9 Å². The average molecular weight is 420 g/mol. The molecule has 30 heavy (non-hydrogen) atoms. The van der Waals surface area contributed by atoms with Gasteiger partial charge >= 0.3 is 6.16 Å². The lowest BCUT2D eigenvalue weighted by molar-refractivity contribution is 0.104. The van der Waals surface area contributed by atoms with Crippen molar-refractivity contribution < 1.29 is 14.3 Å². The van der Waals surface area contributed by atoms with E-state index in [0.29, 0.717) is 5.75 Å². The number of hydrogen-bond donors (Lipinski definition) is 0. The minimum Gasteiger partial charge on any atom is -0.434 e. The Morgan fingerprint density at radius 1 is 1.00 bits per heavy atom. The normalized spacial score (nSPS) is 15.5. The van der Waals surface area contributed by atoms with Gasteiger partial charge in [0.2, 0.25) is 0 Å². The summed E-state index contributed by atoms with van der Waals surface area (Å²) in [7, 11) is 0. The van der Waals surface area contributed by atoms with Gasteiger partial charge in [-0.2, -0.15) is 0 Å². The van der Waals surface area contributed by atoms with Gasteiger partial charge in [0.05, 0.1) is 12.6 Å². The highest BCUT2D eigenvalue weighted by atomic mass is 35.5. The van der Waals surface area contributed by atoms with E-state index in [-0.39, 0.29) is 12.6 Å². The summed E-state index contributed by atoms with van der Waals surface area (Å²) < 4.78 is 9.89. The van der Waals surface area contributed by atoms with Gasteiger partial charge in [-0.3, -0.25) is 4.99 Å². The van der Waals surface area contributed by atoms with Gasteiger partial charge < -0.3 is 9.47 Å². The lowest BCUT2D eigenvalue weighted by Gasteiger charge is -2.09. The molecule has 0 radical (unpaired) electrons. The van der Waals surface area contributed by atoms with Gasteiger partial charge in [-0.1, -0.05) is 66.2 Å². The van der Waals surface area contributed by atoms with Crippen molar-refractivity contribution in [1.29, 1.82) is 0 Å². The van der Waals surface area contributed by atoms with E-state index in [1.165, 1.54) is 5.56 Å². The number of halogens is 1. The summed E-state index contributed by atoms with van der Waals surface area (Å²) in [6.45, 7) is 2.02. The van der Waals surface area contributed by atoms with E-state index in [1.807, 2.05) is 36.4 Å². The molecular weight excluding hydrogens is 398 g/mol. The van der Waals surface area contributed by atoms with E-state index in [0.717, 1.165) is 40.3 Å². The quantitative estimate of drug-likeness (QED) is 0.335. The van der Waals surface area contributed by atoms with Crippen LogP contribution >= 0.6 is 11.6 Å². The summed E-state index contributed by atoms with van der Waals surface area (Å²) in [4.78, 5) is 16.3. The molecular formula is C25H22ClNO3. The third kappa shape index (κ3) is 4.55. The molecule has 0 aromatic heterocycles. The maximum absolute atomic E-state index is 11.4. The van der Waals surface area contributed by atoms with Gasteiger partial charge in [0, 0.05) is 16.3 Å². The summed E-state index contributed by atoms with van der Waals surface area (Å²) in [5.41, 5.74) is 5.44. The van der Waals surface area contributed by atoms with Crippen LogP contribution in [0.25, 0.3) is 11.1 Å². The molecule has 4 nitrogen and oxygen atoms in total. The first-order chi connectivity index (χ1) is 14.6. The van der Waals surface area contributed by atoms with Gasteiger partial charge in [0.15, 0.2) is 0 Å². The number of hydrogen-bond acceptors (Lipinski definition) is 4. The largest absolute Gasteiger partial charge is 0.513 e. The fourth-order valence-electron chi connectivity index (χ4n) is 3.59.